The van der Waals surface area contributed by atoms with Crippen LogP contribution in [0.1, 0.15) is 51.7 Å². The van der Waals surface area contributed by atoms with Crippen molar-refractivity contribution >= 4 is 11.4 Å². The van der Waals surface area contributed by atoms with Gasteiger partial charge in [0.25, 0.3) is 0 Å². The minimum absolute atomic E-state index is 0.0894. The number of halogens is 2. The summed E-state index contributed by atoms with van der Waals surface area (Å²) in [6.45, 7) is 24.9. The van der Waals surface area contributed by atoms with Crippen molar-refractivity contribution in [3.05, 3.63) is 139 Å². The molecule has 1 saturated heterocycles. The summed E-state index contributed by atoms with van der Waals surface area (Å²) in [5.74, 6) is 0.590. The molecule has 0 bridgehead atoms. The average molecular weight is 577 g/mol. The molecule has 1 unspecified atom stereocenters. The average Bonchev–Trinajstić information content (AvgIpc) is 3.59. The van der Waals surface area contributed by atoms with E-state index in [2.05, 4.69) is 38.6 Å². The lowest BCUT2D eigenvalue weighted by atomic mass is 10.0. The first-order valence-corrected chi connectivity index (χ1v) is 14.2. The van der Waals surface area contributed by atoms with Crippen LogP contribution < -0.4 is 5.32 Å². The second-order valence-corrected chi connectivity index (χ2v) is 9.55. The van der Waals surface area contributed by atoms with Gasteiger partial charge in [0.2, 0.25) is 0 Å². The Morgan fingerprint density at radius 3 is 2.21 bits per heavy atom. The van der Waals surface area contributed by atoms with Crippen LogP contribution in [-0.4, -0.2) is 30.9 Å². The molecule has 4 nitrogen and oxygen atoms in total. The number of likely N-dealkylation sites (tertiary alicyclic amines) is 1. The molecule has 1 N–H and O–H groups in total. The van der Waals surface area contributed by atoms with Gasteiger partial charge in [-0.2, -0.15) is 0 Å². The smallest absolute Gasteiger partial charge is 0.164 e. The summed E-state index contributed by atoms with van der Waals surface area (Å²) < 4.78 is 32.0. The van der Waals surface area contributed by atoms with Crippen LogP contribution >= 0.6 is 0 Å². The van der Waals surface area contributed by atoms with Crippen molar-refractivity contribution in [2.75, 3.05) is 20.2 Å². The van der Waals surface area contributed by atoms with Crippen molar-refractivity contribution in [3.8, 4) is 0 Å². The van der Waals surface area contributed by atoms with Gasteiger partial charge in [-0.3, -0.25) is 4.79 Å². The number of methoxy groups -OCH3 is 1. The van der Waals surface area contributed by atoms with Gasteiger partial charge in [-0.1, -0.05) is 89.6 Å². The molecule has 1 atom stereocenters. The second-order valence-electron chi connectivity index (χ2n) is 9.55. The molecular weight excluding hydrogens is 530 g/mol. The standard InChI is InChI=1S/C19H22FNO.C15H18FNO.C2H6/c1-5-19(20)11-6-15(2)18-9-7-17(8-10-18)14-21-13-12-16(3)22-4;1-4-11(12-8-14(12)18)15(13(16)5-2)17-7-6-10(3)9-17;1-2/h5-13,21H,2-3,14H2,1,4H3;4-5,10H,1-2,6-9H2,3H3;1-2H3/b11-6-,13-12+,19-5+;12-11-,15-13-;. The Bertz CT molecular complexity index is 1260. The Kier molecular flexibility index (Phi) is 16.2. The number of hydrogen-bond donors (Lipinski definition) is 1. The third-order valence-electron chi connectivity index (χ3n) is 6.48. The number of ketones is 1. The van der Waals surface area contributed by atoms with E-state index in [9.17, 15) is 13.6 Å². The topological polar surface area (TPSA) is 41.6 Å². The first kappa shape index (κ1) is 35.8. The summed E-state index contributed by atoms with van der Waals surface area (Å²) in [6.07, 6.45) is 12.3. The van der Waals surface area contributed by atoms with E-state index in [-0.39, 0.29) is 17.4 Å². The quantitative estimate of drug-likeness (QED) is 0.153. The van der Waals surface area contributed by atoms with Crippen LogP contribution in [0.5, 0.6) is 0 Å². The molecular formula is C36H46F2N2O2. The van der Waals surface area contributed by atoms with Crippen LogP contribution in [0.2, 0.25) is 0 Å². The molecule has 1 aromatic carbocycles. The summed E-state index contributed by atoms with van der Waals surface area (Å²) in [6, 6.07) is 7.95. The number of benzene rings is 1. The fourth-order valence-corrected chi connectivity index (χ4v) is 4.02. The molecule has 1 heterocycles. The molecule has 1 aliphatic heterocycles. The first-order valence-electron chi connectivity index (χ1n) is 14.2. The third-order valence-corrected chi connectivity index (χ3v) is 6.48. The number of carbonyl (C=O) groups excluding carboxylic acids is 1. The van der Waals surface area contributed by atoms with Gasteiger partial charge in [-0.25, -0.2) is 8.78 Å². The van der Waals surface area contributed by atoms with Crippen molar-refractivity contribution in [1.29, 1.82) is 0 Å². The van der Waals surface area contributed by atoms with Gasteiger partial charge in [-0.15, -0.1) is 0 Å². The van der Waals surface area contributed by atoms with Crippen molar-refractivity contribution in [2.24, 2.45) is 5.92 Å². The number of Topliss-reactive ketones (excluding diaryl/α,β-unsaturated/α-hetero) is 1. The summed E-state index contributed by atoms with van der Waals surface area (Å²) in [5, 5.41) is 3.15. The van der Waals surface area contributed by atoms with E-state index < -0.39 is 0 Å². The molecule has 1 saturated carbocycles. The number of nitrogens with zero attached hydrogens (tertiary/aromatic N) is 1. The minimum Gasteiger partial charge on any atom is -0.497 e. The molecule has 3 rings (SSSR count). The summed E-state index contributed by atoms with van der Waals surface area (Å²) in [7, 11) is 1.58. The maximum Gasteiger partial charge on any atom is 0.164 e. The molecule has 226 valence electrons. The van der Waals surface area contributed by atoms with E-state index in [1.54, 1.807) is 38.5 Å². The maximum atomic E-state index is 14.1. The van der Waals surface area contributed by atoms with E-state index in [1.807, 2.05) is 43.0 Å². The van der Waals surface area contributed by atoms with Gasteiger partial charge >= 0.3 is 0 Å². The fourth-order valence-electron chi connectivity index (χ4n) is 4.02. The van der Waals surface area contributed by atoms with Gasteiger partial charge in [0, 0.05) is 43.4 Å². The van der Waals surface area contributed by atoms with Crippen molar-refractivity contribution in [3.63, 3.8) is 0 Å². The van der Waals surface area contributed by atoms with Crippen LogP contribution in [0, 0.1) is 5.92 Å². The molecule has 0 aromatic heterocycles. The highest BCUT2D eigenvalue weighted by atomic mass is 19.1. The Hall–Kier alpha value is -4.19. The normalized spacial score (nSPS) is 17.9. The predicted molar refractivity (Wildman–Crippen MR) is 173 cm³/mol. The first-order chi connectivity index (χ1) is 20.1. The van der Waals surface area contributed by atoms with Crippen molar-refractivity contribution in [1.82, 2.24) is 10.2 Å². The lowest BCUT2D eigenvalue weighted by Gasteiger charge is -2.23. The van der Waals surface area contributed by atoms with E-state index in [0.29, 0.717) is 41.5 Å². The Morgan fingerprint density at radius 2 is 1.74 bits per heavy atom. The number of carbonyl (C=O) groups is 1. The summed E-state index contributed by atoms with van der Waals surface area (Å²) in [4.78, 5) is 13.3. The lowest BCUT2D eigenvalue weighted by molar-refractivity contribution is -0.108. The van der Waals surface area contributed by atoms with Crippen LogP contribution in [0.25, 0.3) is 5.57 Å². The lowest BCUT2D eigenvalue weighted by Crippen LogP contribution is -2.22. The Balaban J connectivity index is 0.000000402. The van der Waals surface area contributed by atoms with E-state index in [4.69, 9.17) is 4.74 Å². The van der Waals surface area contributed by atoms with Gasteiger partial charge in [0.1, 0.15) is 17.4 Å². The molecule has 2 aliphatic rings. The van der Waals surface area contributed by atoms with Crippen LogP contribution in [0.3, 0.4) is 0 Å². The fraction of sp³-hybridized carbons (Fsp3) is 0.306. The molecule has 42 heavy (non-hydrogen) atoms. The van der Waals surface area contributed by atoms with Gasteiger partial charge in [0.05, 0.1) is 12.8 Å². The molecule has 0 radical (unpaired) electrons. The number of allylic oxidation sites excluding steroid dienone is 10. The van der Waals surface area contributed by atoms with Crippen molar-refractivity contribution < 1.29 is 18.3 Å². The maximum absolute atomic E-state index is 14.1. The highest BCUT2D eigenvalue weighted by molar-refractivity contribution is 6.15. The van der Waals surface area contributed by atoms with E-state index >= 15 is 0 Å². The molecule has 2 fully saturated rings. The highest BCUT2D eigenvalue weighted by Crippen LogP contribution is 2.36. The van der Waals surface area contributed by atoms with Gasteiger partial charge in [-0.05, 0) is 54.2 Å². The zero-order valence-electron chi connectivity index (χ0n) is 25.8. The van der Waals surface area contributed by atoms with Crippen LogP contribution in [0.15, 0.2) is 127 Å². The van der Waals surface area contributed by atoms with E-state index in [0.717, 1.165) is 36.2 Å². The predicted octanol–water partition coefficient (Wildman–Crippen LogP) is 9.07. The number of hydrogen-bond acceptors (Lipinski definition) is 4. The molecule has 0 spiro atoms. The number of ether oxygens (including phenoxy) is 1. The Morgan fingerprint density at radius 1 is 1.10 bits per heavy atom. The summed E-state index contributed by atoms with van der Waals surface area (Å²) in [5.41, 5.74) is 4.70. The molecule has 0 amide bonds. The monoisotopic (exact) mass is 576 g/mol. The Labute approximate surface area is 251 Å². The molecule has 1 aliphatic carbocycles. The van der Waals surface area contributed by atoms with Crippen molar-refractivity contribution in [2.45, 2.75) is 47.1 Å². The second kappa shape index (κ2) is 19.0. The van der Waals surface area contributed by atoms with Crippen LogP contribution in [-0.2, 0) is 16.1 Å². The summed E-state index contributed by atoms with van der Waals surface area (Å²) >= 11 is 0. The number of rotatable bonds is 12. The third kappa shape index (κ3) is 11.7. The zero-order chi connectivity index (χ0) is 31.7. The molecule has 1 aromatic rings. The van der Waals surface area contributed by atoms with Gasteiger partial charge < -0.3 is 15.0 Å². The van der Waals surface area contributed by atoms with E-state index in [1.165, 1.54) is 18.2 Å². The molecule has 6 heteroatoms. The van der Waals surface area contributed by atoms with Gasteiger partial charge in [0.15, 0.2) is 5.78 Å². The number of nitrogens with one attached hydrogen (secondary N) is 1. The minimum atomic E-state index is -0.369. The zero-order valence-corrected chi connectivity index (χ0v) is 25.8. The van der Waals surface area contributed by atoms with Crippen LogP contribution in [0.4, 0.5) is 8.78 Å². The SMILES string of the molecule is C=C(/C=C/NCc1ccc(C(=C)/C=C\C(F)=C/C)cc1)OC.C=C/C(F)=C(\C(C=C)=C1\CC1=O)N1CCC(C)C1.CC. The largest absolute Gasteiger partial charge is 0.497 e. The highest BCUT2D eigenvalue weighted by Gasteiger charge is 2.34.